The molecule has 2 N–H and O–H groups in total. The van der Waals surface area contributed by atoms with Crippen molar-refractivity contribution in [2.45, 2.75) is 38.3 Å². The predicted octanol–water partition coefficient (Wildman–Crippen LogP) is 3.46. The van der Waals surface area contributed by atoms with E-state index in [0.717, 1.165) is 31.4 Å². The third-order valence-corrected chi connectivity index (χ3v) is 4.75. The highest BCUT2D eigenvalue weighted by atomic mass is 16.3. The van der Waals surface area contributed by atoms with Gasteiger partial charge in [0.1, 0.15) is 0 Å². The van der Waals surface area contributed by atoms with E-state index in [1.807, 2.05) is 18.2 Å². The van der Waals surface area contributed by atoms with Crippen molar-refractivity contribution < 1.29 is 9.90 Å². The van der Waals surface area contributed by atoms with E-state index in [2.05, 4.69) is 36.5 Å². The number of amides is 2. The molecule has 0 saturated carbocycles. The first kappa shape index (κ1) is 15.8. The maximum Gasteiger partial charge on any atom is 0.318 e. The second kappa shape index (κ2) is 7.01. The Morgan fingerprint density at radius 2 is 2.09 bits per heavy atom. The van der Waals surface area contributed by atoms with E-state index in [1.54, 1.807) is 4.90 Å². The minimum absolute atomic E-state index is 0.0199. The van der Waals surface area contributed by atoms with Crippen LogP contribution >= 0.6 is 0 Å². The second-order valence-electron chi connectivity index (χ2n) is 6.15. The molecule has 2 aromatic carbocycles. The minimum atomic E-state index is -0.0682. The summed E-state index contributed by atoms with van der Waals surface area (Å²) in [6.45, 7) is 2.85. The van der Waals surface area contributed by atoms with E-state index < -0.39 is 0 Å². The fourth-order valence-corrected chi connectivity index (χ4v) is 3.48. The van der Waals surface area contributed by atoms with Gasteiger partial charge in [0.15, 0.2) is 0 Å². The van der Waals surface area contributed by atoms with Crippen molar-refractivity contribution in [2.75, 3.05) is 13.2 Å². The van der Waals surface area contributed by atoms with Gasteiger partial charge in [-0.15, -0.1) is 0 Å². The summed E-state index contributed by atoms with van der Waals surface area (Å²) >= 11 is 0. The van der Waals surface area contributed by atoms with Gasteiger partial charge in [-0.2, -0.15) is 0 Å². The van der Waals surface area contributed by atoms with Crippen LogP contribution in [0.1, 0.15) is 37.8 Å². The molecule has 0 unspecified atom stereocenters. The van der Waals surface area contributed by atoms with Gasteiger partial charge in [0, 0.05) is 6.54 Å². The summed E-state index contributed by atoms with van der Waals surface area (Å²) in [6.07, 6.45) is 2.68. The molecular weight excluding hydrogens is 288 g/mol. The van der Waals surface area contributed by atoms with Crippen molar-refractivity contribution in [3.05, 3.63) is 48.0 Å². The zero-order chi connectivity index (χ0) is 16.2. The molecule has 0 aliphatic carbocycles. The van der Waals surface area contributed by atoms with Crippen LogP contribution in [-0.2, 0) is 0 Å². The molecule has 1 heterocycles. The maximum atomic E-state index is 12.6. The first-order valence-electron chi connectivity index (χ1n) is 8.40. The highest BCUT2D eigenvalue weighted by molar-refractivity contribution is 5.86. The highest BCUT2D eigenvalue weighted by Gasteiger charge is 2.29. The van der Waals surface area contributed by atoms with Crippen molar-refractivity contribution in [3.63, 3.8) is 0 Å². The average Bonchev–Trinajstić information content (AvgIpc) is 3.08. The van der Waals surface area contributed by atoms with E-state index in [-0.39, 0.29) is 24.7 Å². The third kappa shape index (κ3) is 3.17. The largest absolute Gasteiger partial charge is 0.394 e. The van der Waals surface area contributed by atoms with Crippen molar-refractivity contribution in [1.29, 1.82) is 0 Å². The lowest BCUT2D eigenvalue weighted by molar-refractivity contribution is 0.154. The predicted molar refractivity (Wildman–Crippen MR) is 92.3 cm³/mol. The number of urea groups is 1. The summed E-state index contributed by atoms with van der Waals surface area (Å²) in [5, 5.41) is 14.9. The molecule has 0 spiro atoms. The number of fused-ring (bicyclic) bond motifs is 1. The van der Waals surface area contributed by atoms with Crippen LogP contribution in [0.25, 0.3) is 10.8 Å². The van der Waals surface area contributed by atoms with Crippen molar-refractivity contribution in [2.24, 2.45) is 0 Å². The van der Waals surface area contributed by atoms with E-state index in [1.165, 1.54) is 10.8 Å². The summed E-state index contributed by atoms with van der Waals surface area (Å²) in [5.41, 5.74) is 1.15. The SMILES string of the molecule is CC[C@@H](NC(=O)N1CCC[C@H]1CO)c1cccc2ccccc12. The standard InChI is InChI=1S/C19H24N2O2/c1-2-18(20-19(23)21-12-6-9-15(21)13-22)17-11-5-8-14-7-3-4-10-16(14)17/h3-5,7-8,10-11,15,18,22H,2,6,9,12-13H2,1H3,(H,20,23)/t15-,18+/m0/s1. The highest BCUT2D eigenvalue weighted by Crippen LogP contribution is 2.27. The topological polar surface area (TPSA) is 52.6 Å². The van der Waals surface area contributed by atoms with Crippen molar-refractivity contribution in [3.8, 4) is 0 Å². The van der Waals surface area contributed by atoms with E-state index >= 15 is 0 Å². The zero-order valence-corrected chi connectivity index (χ0v) is 13.5. The second-order valence-corrected chi connectivity index (χ2v) is 6.15. The molecule has 122 valence electrons. The summed E-state index contributed by atoms with van der Waals surface area (Å²) in [5.74, 6) is 0. The number of nitrogens with one attached hydrogen (secondary N) is 1. The molecule has 4 heteroatoms. The minimum Gasteiger partial charge on any atom is -0.394 e. The van der Waals surface area contributed by atoms with Gasteiger partial charge in [-0.05, 0) is 35.6 Å². The molecule has 0 radical (unpaired) electrons. The molecule has 1 aliphatic heterocycles. The Hall–Kier alpha value is -2.07. The molecule has 23 heavy (non-hydrogen) atoms. The van der Waals surface area contributed by atoms with E-state index in [4.69, 9.17) is 0 Å². The Balaban J connectivity index is 1.83. The van der Waals surface area contributed by atoms with Gasteiger partial charge in [0.05, 0.1) is 18.7 Å². The Kier molecular flexibility index (Phi) is 4.82. The zero-order valence-electron chi connectivity index (χ0n) is 13.5. The Morgan fingerprint density at radius 1 is 1.30 bits per heavy atom. The number of carbonyl (C=O) groups excluding carboxylic acids is 1. The Morgan fingerprint density at radius 3 is 2.87 bits per heavy atom. The number of benzene rings is 2. The normalized spacial score (nSPS) is 19.0. The molecule has 2 aromatic rings. The number of nitrogens with zero attached hydrogens (tertiary/aromatic N) is 1. The molecule has 0 aromatic heterocycles. The maximum absolute atomic E-state index is 12.6. The van der Waals surface area contributed by atoms with Crippen LogP contribution in [0.15, 0.2) is 42.5 Å². The number of rotatable bonds is 4. The molecule has 3 rings (SSSR count). The summed E-state index contributed by atoms with van der Waals surface area (Å²) in [6, 6.07) is 14.3. The Labute approximate surface area is 137 Å². The number of aliphatic hydroxyl groups is 1. The average molecular weight is 312 g/mol. The summed E-state index contributed by atoms with van der Waals surface area (Å²) < 4.78 is 0. The van der Waals surface area contributed by atoms with Crippen LogP contribution in [0.2, 0.25) is 0 Å². The first-order chi connectivity index (χ1) is 11.2. The fraction of sp³-hybridized carbons (Fsp3) is 0.421. The van der Waals surface area contributed by atoms with Gasteiger partial charge in [0.2, 0.25) is 0 Å². The van der Waals surface area contributed by atoms with E-state index in [0.29, 0.717) is 0 Å². The molecule has 1 aliphatic rings. The monoisotopic (exact) mass is 312 g/mol. The third-order valence-electron chi connectivity index (χ3n) is 4.75. The van der Waals surface area contributed by atoms with Crippen molar-refractivity contribution >= 4 is 16.8 Å². The number of hydrogen-bond donors (Lipinski definition) is 2. The van der Waals surface area contributed by atoms with Crippen molar-refractivity contribution in [1.82, 2.24) is 10.2 Å². The molecule has 1 saturated heterocycles. The molecule has 2 amide bonds. The lowest BCUT2D eigenvalue weighted by Crippen LogP contribution is -2.45. The van der Waals surface area contributed by atoms with Gasteiger partial charge in [-0.1, -0.05) is 49.4 Å². The summed E-state index contributed by atoms with van der Waals surface area (Å²) in [7, 11) is 0. The number of likely N-dealkylation sites (tertiary alicyclic amines) is 1. The Bertz CT molecular complexity index is 681. The van der Waals surface area contributed by atoms with Gasteiger partial charge < -0.3 is 15.3 Å². The number of aliphatic hydroxyl groups excluding tert-OH is 1. The van der Waals surface area contributed by atoms with Gasteiger partial charge in [-0.3, -0.25) is 0 Å². The van der Waals surface area contributed by atoms with Crippen LogP contribution in [0, 0.1) is 0 Å². The lowest BCUT2D eigenvalue weighted by Gasteiger charge is -2.27. The fourth-order valence-electron chi connectivity index (χ4n) is 3.48. The van der Waals surface area contributed by atoms with Gasteiger partial charge in [0.25, 0.3) is 0 Å². The quantitative estimate of drug-likeness (QED) is 0.908. The van der Waals surface area contributed by atoms with Crippen LogP contribution in [0.4, 0.5) is 4.79 Å². The number of carbonyl (C=O) groups is 1. The van der Waals surface area contributed by atoms with Crippen LogP contribution in [-0.4, -0.2) is 35.2 Å². The smallest absolute Gasteiger partial charge is 0.318 e. The first-order valence-corrected chi connectivity index (χ1v) is 8.40. The molecule has 4 nitrogen and oxygen atoms in total. The van der Waals surface area contributed by atoms with Gasteiger partial charge in [-0.25, -0.2) is 4.79 Å². The lowest BCUT2D eigenvalue weighted by atomic mass is 9.97. The van der Waals surface area contributed by atoms with Crippen LogP contribution in [0.3, 0.4) is 0 Å². The van der Waals surface area contributed by atoms with Crippen LogP contribution in [0.5, 0.6) is 0 Å². The molecular formula is C19H24N2O2. The molecule has 0 bridgehead atoms. The van der Waals surface area contributed by atoms with E-state index in [9.17, 15) is 9.90 Å². The number of hydrogen-bond acceptors (Lipinski definition) is 2. The molecule has 1 fully saturated rings. The molecule has 2 atom stereocenters. The van der Waals surface area contributed by atoms with Crippen LogP contribution < -0.4 is 5.32 Å². The summed E-state index contributed by atoms with van der Waals surface area (Å²) in [4.78, 5) is 14.4. The van der Waals surface area contributed by atoms with Gasteiger partial charge >= 0.3 is 6.03 Å².